The molecule has 0 spiro atoms. The molecule has 1 aromatic carbocycles. The number of allylic oxidation sites excluding steroid dienone is 1. The van der Waals surface area contributed by atoms with Gasteiger partial charge in [0, 0.05) is 29.1 Å². The van der Waals surface area contributed by atoms with Crippen LogP contribution in [0.25, 0.3) is 17.2 Å². The maximum absolute atomic E-state index is 13.5. The Morgan fingerprint density at radius 2 is 2.18 bits per heavy atom. The molecule has 0 radical (unpaired) electrons. The zero-order chi connectivity index (χ0) is 23.5. The minimum atomic E-state index is -0.316. The molecule has 1 saturated carbocycles. The lowest BCUT2D eigenvalue weighted by molar-refractivity contribution is 0.129. The normalized spacial score (nSPS) is 23.8. The fourth-order valence-electron chi connectivity index (χ4n) is 5.42. The van der Waals surface area contributed by atoms with Gasteiger partial charge in [-0.1, -0.05) is 24.3 Å². The van der Waals surface area contributed by atoms with E-state index >= 15 is 0 Å². The molecule has 7 heteroatoms. The number of hydrogen-bond acceptors (Lipinski definition) is 5. The third-order valence-electron chi connectivity index (χ3n) is 6.99. The highest BCUT2D eigenvalue weighted by molar-refractivity contribution is 7.03. The van der Waals surface area contributed by atoms with E-state index in [0.717, 1.165) is 42.5 Å². The van der Waals surface area contributed by atoms with E-state index < -0.39 is 0 Å². The Hall–Kier alpha value is -3.06. The van der Waals surface area contributed by atoms with Crippen LogP contribution in [0, 0.1) is 17.7 Å². The van der Waals surface area contributed by atoms with Crippen molar-refractivity contribution in [1.82, 2.24) is 14.7 Å². The first kappa shape index (κ1) is 22.7. The van der Waals surface area contributed by atoms with Crippen molar-refractivity contribution >= 4 is 23.7 Å². The number of nitrogens with one attached hydrogen (secondary N) is 1. The maximum Gasteiger partial charge on any atom is 0.407 e. The summed E-state index contributed by atoms with van der Waals surface area (Å²) in [6.07, 6.45) is 9.77. The van der Waals surface area contributed by atoms with Gasteiger partial charge in [0.2, 0.25) is 0 Å². The molecule has 2 heterocycles. The van der Waals surface area contributed by atoms with E-state index in [4.69, 9.17) is 9.11 Å². The Bertz CT molecular complexity index is 1180. The summed E-state index contributed by atoms with van der Waals surface area (Å²) in [5, 5.41) is 5.21. The number of fused-ring (bicyclic) bond motifs is 2. The number of halogens is 1. The molecule has 3 aromatic rings. The lowest BCUT2D eigenvalue weighted by Crippen LogP contribution is -2.44. The third kappa shape index (κ3) is 4.89. The fourth-order valence-corrected chi connectivity index (χ4v) is 6.17. The van der Waals surface area contributed by atoms with Crippen molar-refractivity contribution in [2.45, 2.75) is 44.6 Å². The van der Waals surface area contributed by atoms with Crippen LogP contribution in [0.3, 0.4) is 0 Å². The molecular weight excluding hydrogens is 449 g/mol. The summed E-state index contributed by atoms with van der Waals surface area (Å²) in [5.74, 6) is 0.994. The number of ether oxygens (including phenoxy) is 1. The molecule has 1 fully saturated rings. The van der Waals surface area contributed by atoms with Gasteiger partial charge in [0.15, 0.2) is 0 Å². The SMILES string of the molecule is CCOC(=O)N[C@H]1CC[C@@H]2[C@H](Cc3csnc3[C@H]2/C=C/c2ccc(-c3cccc(F)c3)cn2)C1. The molecule has 0 unspecified atom stereocenters. The van der Waals surface area contributed by atoms with Crippen molar-refractivity contribution in [2.24, 2.45) is 11.8 Å². The average Bonchev–Trinajstić information content (AvgIpc) is 3.30. The van der Waals surface area contributed by atoms with E-state index in [1.807, 2.05) is 25.1 Å². The Morgan fingerprint density at radius 3 is 2.97 bits per heavy atom. The van der Waals surface area contributed by atoms with Gasteiger partial charge in [0.25, 0.3) is 0 Å². The quantitative estimate of drug-likeness (QED) is 0.473. The van der Waals surface area contributed by atoms with Gasteiger partial charge in [-0.3, -0.25) is 4.98 Å². The largest absolute Gasteiger partial charge is 0.450 e. The van der Waals surface area contributed by atoms with Crippen molar-refractivity contribution in [3.05, 3.63) is 76.8 Å². The summed E-state index contributed by atoms with van der Waals surface area (Å²) in [5.41, 5.74) is 5.10. The molecule has 1 N–H and O–H groups in total. The van der Waals surface area contributed by atoms with Crippen molar-refractivity contribution in [1.29, 1.82) is 0 Å². The van der Waals surface area contributed by atoms with Crippen LogP contribution in [-0.2, 0) is 11.2 Å². The summed E-state index contributed by atoms with van der Waals surface area (Å²) in [7, 11) is 0. The molecule has 5 nitrogen and oxygen atoms in total. The van der Waals surface area contributed by atoms with Crippen molar-refractivity contribution in [3.8, 4) is 11.1 Å². The number of alkyl carbamates (subject to hydrolysis) is 1. The van der Waals surface area contributed by atoms with Crippen LogP contribution in [0.1, 0.15) is 49.1 Å². The number of hydrogen-bond donors (Lipinski definition) is 1. The molecule has 176 valence electrons. The van der Waals surface area contributed by atoms with Crippen LogP contribution in [0.4, 0.5) is 9.18 Å². The smallest absolute Gasteiger partial charge is 0.407 e. The van der Waals surface area contributed by atoms with Gasteiger partial charge in [0.1, 0.15) is 5.82 Å². The molecule has 0 bridgehead atoms. The highest BCUT2D eigenvalue weighted by Crippen LogP contribution is 2.47. The molecule has 0 saturated heterocycles. The number of pyridine rings is 1. The third-order valence-corrected chi connectivity index (χ3v) is 7.68. The molecular formula is C27H28FN3O2S. The van der Waals surface area contributed by atoms with E-state index in [1.54, 1.807) is 12.3 Å². The number of rotatable bonds is 5. The first-order valence-corrected chi connectivity index (χ1v) is 12.7. The first-order valence-electron chi connectivity index (χ1n) is 11.9. The monoisotopic (exact) mass is 477 g/mol. The highest BCUT2D eigenvalue weighted by atomic mass is 32.1. The Kier molecular flexibility index (Phi) is 6.72. The molecule has 2 aliphatic rings. The molecule has 0 aliphatic heterocycles. The summed E-state index contributed by atoms with van der Waals surface area (Å²) in [6, 6.07) is 10.7. The van der Waals surface area contributed by atoms with Gasteiger partial charge in [0.05, 0.1) is 18.0 Å². The summed E-state index contributed by atoms with van der Waals surface area (Å²) >= 11 is 1.53. The van der Waals surface area contributed by atoms with Crippen LogP contribution >= 0.6 is 11.5 Å². The minimum absolute atomic E-state index is 0.162. The van der Waals surface area contributed by atoms with Crippen LogP contribution in [-0.4, -0.2) is 28.1 Å². The van der Waals surface area contributed by atoms with Gasteiger partial charge < -0.3 is 10.1 Å². The van der Waals surface area contributed by atoms with Gasteiger partial charge in [-0.05, 0) is 91.4 Å². The fraction of sp³-hybridized carbons (Fsp3) is 0.370. The molecule has 2 aliphatic carbocycles. The number of nitrogens with zero attached hydrogens (tertiary/aromatic N) is 2. The zero-order valence-corrected chi connectivity index (χ0v) is 19.9. The summed E-state index contributed by atoms with van der Waals surface area (Å²) in [4.78, 5) is 16.5. The van der Waals surface area contributed by atoms with E-state index in [1.165, 1.54) is 34.9 Å². The van der Waals surface area contributed by atoms with Gasteiger partial charge in [-0.2, -0.15) is 4.37 Å². The number of aromatic nitrogens is 2. The van der Waals surface area contributed by atoms with E-state index in [2.05, 4.69) is 27.8 Å². The van der Waals surface area contributed by atoms with Gasteiger partial charge in [-0.25, -0.2) is 9.18 Å². The number of amides is 1. The molecule has 2 aromatic heterocycles. The highest BCUT2D eigenvalue weighted by Gasteiger charge is 2.41. The predicted octanol–water partition coefficient (Wildman–Crippen LogP) is 6.23. The first-order chi connectivity index (χ1) is 16.6. The van der Waals surface area contributed by atoms with Crippen LogP contribution in [0.15, 0.2) is 54.1 Å². The van der Waals surface area contributed by atoms with Gasteiger partial charge >= 0.3 is 6.09 Å². The maximum atomic E-state index is 13.5. The lowest BCUT2D eigenvalue weighted by atomic mass is 9.64. The van der Waals surface area contributed by atoms with Crippen molar-refractivity contribution in [3.63, 3.8) is 0 Å². The number of carbonyl (C=O) groups excluding carboxylic acids is 1. The van der Waals surface area contributed by atoms with E-state index in [9.17, 15) is 9.18 Å². The van der Waals surface area contributed by atoms with Gasteiger partial charge in [-0.15, -0.1) is 0 Å². The zero-order valence-electron chi connectivity index (χ0n) is 19.1. The number of benzene rings is 1. The molecule has 5 rings (SSSR count). The standard InChI is InChI=1S/C27H28FN3O2S/c1-2-33-27(32)30-23-9-10-24-19(14-23)12-20-16-34-31-26(20)25(24)11-8-22-7-6-18(15-29-22)17-4-3-5-21(28)13-17/h3-8,11,13,15-16,19,23-25H,2,9-10,12,14H2,1H3,(H,30,32)/b11-8+/t19-,23+,24-,25+/m1/s1. The molecule has 34 heavy (non-hydrogen) atoms. The van der Waals surface area contributed by atoms with Crippen molar-refractivity contribution in [2.75, 3.05) is 6.61 Å². The summed E-state index contributed by atoms with van der Waals surface area (Å²) < 4.78 is 23.4. The lowest BCUT2D eigenvalue weighted by Gasteiger charge is -2.42. The predicted molar refractivity (Wildman–Crippen MR) is 132 cm³/mol. The molecule has 4 atom stereocenters. The Balaban J connectivity index is 1.32. The molecule has 1 amide bonds. The Morgan fingerprint density at radius 1 is 1.26 bits per heavy atom. The van der Waals surface area contributed by atoms with E-state index in [-0.39, 0.29) is 23.9 Å². The number of carbonyl (C=O) groups is 1. The minimum Gasteiger partial charge on any atom is -0.450 e. The second-order valence-electron chi connectivity index (χ2n) is 9.09. The second-order valence-corrected chi connectivity index (χ2v) is 9.72. The van der Waals surface area contributed by atoms with Crippen LogP contribution in [0.5, 0.6) is 0 Å². The van der Waals surface area contributed by atoms with Crippen molar-refractivity contribution < 1.29 is 13.9 Å². The van der Waals surface area contributed by atoms with E-state index in [0.29, 0.717) is 18.4 Å². The van der Waals surface area contributed by atoms with Crippen LogP contribution < -0.4 is 5.32 Å². The second kappa shape index (κ2) is 10.1. The summed E-state index contributed by atoms with van der Waals surface area (Å²) in [6.45, 7) is 2.21. The topological polar surface area (TPSA) is 64.1 Å². The Labute approximate surface area is 203 Å². The average molecular weight is 478 g/mol. The van der Waals surface area contributed by atoms with Crippen LogP contribution in [0.2, 0.25) is 0 Å².